The molecule has 4 heteroatoms. The van der Waals surface area contributed by atoms with E-state index in [4.69, 9.17) is 0 Å². The number of H-pyrrole nitrogens is 1. The summed E-state index contributed by atoms with van der Waals surface area (Å²) in [5.74, 6) is 0. The zero-order valence-corrected chi connectivity index (χ0v) is 4.67. The molecule has 0 saturated carbocycles. The first-order chi connectivity index (χ1) is 2.50. The molecule has 6 heavy (non-hydrogen) atoms. The first kappa shape index (κ1) is 5.91. The lowest BCUT2D eigenvalue weighted by molar-refractivity contribution is 1.09. The van der Waals surface area contributed by atoms with Gasteiger partial charge >= 0.3 is 0 Å². The summed E-state index contributed by atoms with van der Waals surface area (Å²) in [4.78, 5) is 3.56. The summed E-state index contributed by atoms with van der Waals surface area (Å²) in [5.41, 5.74) is 0. The summed E-state index contributed by atoms with van der Waals surface area (Å²) in [6.07, 6.45) is 2.96. The van der Waals surface area contributed by atoms with Crippen LogP contribution in [0.1, 0.15) is 0 Å². The lowest BCUT2D eigenvalue weighted by atomic mass is 11.3. The summed E-state index contributed by atoms with van der Waals surface area (Å²) < 4.78 is 0. The van der Waals surface area contributed by atoms with Crippen LogP contribution in [0.25, 0.3) is 0 Å². The highest BCUT2D eigenvalue weighted by Gasteiger charge is 1.57. The van der Waals surface area contributed by atoms with Crippen LogP contribution in [-0.4, -0.2) is 38.2 Å². The highest BCUT2D eigenvalue weighted by molar-refractivity contribution is 5.75. The van der Waals surface area contributed by atoms with Gasteiger partial charge in [0.25, 0.3) is 0 Å². The third-order valence-corrected chi connectivity index (χ3v) is 0.331. The van der Waals surface area contributed by atoms with Crippen molar-refractivity contribution in [3.63, 3.8) is 0 Å². The van der Waals surface area contributed by atoms with Gasteiger partial charge in [0, 0.05) is 23.1 Å². The number of rotatable bonds is 0. The second-order valence-electron chi connectivity index (χ2n) is 0.652. The Balaban J connectivity index is 0.000000250. The lowest BCUT2D eigenvalue weighted by Gasteiger charge is -1.46. The van der Waals surface area contributed by atoms with Crippen molar-refractivity contribution >= 4 is 23.1 Å². The highest BCUT2D eigenvalue weighted by atomic mass is 24.3. The van der Waals surface area contributed by atoms with E-state index in [1.165, 1.54) is 12.7 Å². The number of hydrogen-bond donors (Lipinski definition) is 1. The molecule has 0 aromatic carbocycles. The fraction of sp³-hybridized carbons (Fsp3) is 0. The Morgan fingerprint density at radius 2 is 2.33 bits per heavy atom. The first-order valence-electron chi connectivity index (χ1n) is 1.29. The Kier molecular flexibility index (Phi) is 3.06. The molecule has 1 heterocycles. The van der Waals surface area contributed by atoms with E-state index in [1.54, 1.807) is 0 Å². The van der Waals surface area contributed by atoms with E-state index in [0.29, 0.717) is 0 Å². The molecule has 1 aromatic rings. The van der Waals surface area contributed by atoms with E-state index in [1.807, 2.05) is 0 Å². The normalized spacial score (nSPS) is 6.67. The maximum Gasteiger partial charge on any atom is 0.137 e. The third-order valence-electron chi connectivity index (χ3n) is 0.331. The van der Waals surface area contributed by atoms with Gasteiger partial charge in [-0.15, -0.1) is 0 Å². The SMILES string of the molecule is [Mg].c1nc[nH]n1. The predicted molar refractivity (Wildman–Crippen MR) is 22.1 cm³/mol. The van der Waals surface area contributed by atoms with Crippen molar-refractivity contribution in [2.24, 2.45) is 0 Å². The predicted octanol–water partition coefficient (Wildman–Crippen LogP) is -0.576. The average molecular weight is 93.4 g/mol. The molecule has 0 bridgehead atoms. The van der Waals surface area contributed by atoms with Gasteiger partial charge in [-0.2, -0.15) is 5.10 Å². The second kappa shape index (κ2) is 3.11. The summed E-state index contributed by atoms with van der Waals surface area (Å²) in [6.45, 7) is 0. The molecular weight excluding hydrogens is 90.3 g/mol. The van der Waals surface area contributed by atoms with Gasteiger partial charge in [0.2, 0.25) is 0 Å². The van der Waals surface area contributed by atoms with Crippen LogP contribution in [0.3, 0.4) is 0 Å². The van der Waals surface area contributed by atoms with Gasteiger partial charge in [-0.05, 0) is 0 Å². The van der Waals surface area contributed by atoms with E-state index >= 15 is 0 Å². The van der Waals surface area contributed by atoms with Crippen molar-refractivity contribution in [2.45, 2.75) is 0 Å². The van der Waals surface area contributed by atoms with E-state index in [-0.39, 0.29) is 23.1 Å². The molecule has 0 spiro atoms. The molecular formula is C2H3MgN3. The summed E-state index contributed by atoms with van der Waals surface area (Å²) in [5, 5.41) is 5.99. The van der Waals surface area contributed by atoms with Gasteiger partial charge in [-0.25, -0.2) is 4.98 Å². The maximum atomic E-state index is 3.56. The maximum absolute atomic E-state index is 3.56. The fourth-order valence-electron chi connectivity index (χ4n) is 0.167. The van der Waals surface area contributed by atoms with E-state index < -0.39 is 0 Å². The highest BCUT2D eigenvalue weighted by Crippen LogP contribution is 1.53. The Morgan fingerprint density at radius 3 is 2.50 bits per heavy atom. The fourth-order valence-corrected chi connectivity index (χ4v) is 0.167. The van der Waals surface area contributed by atoms with Crippen LogP contribution in [-0.2, 0) is 0 Å². The molecule has 1 aromatic heterocycles. The van der Waals surface area contributed by atoms with Crippen LogP contribution in [0.4, 0.5) is 0 Å². The van der Waals surface area contributed by atoms with Crippen molar-refractivity contribution in [2.75, 3.05) is 0 Å². The summed E-state index contributed by atoms with van der Waals surface area (Å²) >= 11 is 0. The molecule has 0 saturated heterocycles. The van der Waals surface area contributed by atoms with Crippen LogP contribution in [0.15, 0.2) is 12.7 Å². The van der Waals surface area contributed by atoms with Crippen molar-refractivity contribution in [1.82, 2.24) is 15.2 Å². The van der Waals surface area contributed by atoms with Gasteiger partial charge < -0.3 is 0 Å². The van der Waals surface area contributed by atoms with Crippen LogP contribution >= 0.6 is 0 Å². The van der Waals surface area contributed by atoms with Crippen molar-refractivity contribution < 1.29 is 0 Å². The van der Waals surface area contributed by atoms with Crippen LogP contribution in [0.2, 0.25) is 0 Å². The molecule has 0 unspecified atom stereocenters. The molecule has 3 nitrogen and oxygen atoms in total. The Hall–Kier alpha value is -0.0938. The number of nitrogens with one attached hydrogen (secondary N) is 1. The van der Waals surface area contributed by atoms with Crippen molar-refractivity contribution in [3.05, 3.63) is 12.7 Å². The zero-order chi connectivity index (χ0) is 3.54. The van der Waals surface area contributed by atoms with Gasteiger partial charge in [0.05, 0.1) is 0 Å². The molecule has 0 fully saturated rings. The second-order valence-corrected chi connectivity index (χ2v) is 0.652. The van der Waals surface area contributed by atoms with Gasteiger partial charge in [0.15, 0.2) is 0 Å². The quantitative estimate of drug-likeness (QED) is 0.436. The smallest absolute Gasteiger partial charge is 0.137 e. The Labute approximate surface area is 51.3 Å². The van der Waals surface area contributed by atoms with Crippen molar-refractivity contribution in [3.8, 4) is 0 Å². The van der Waals surface area contributed by atoms with Crippen LogP contribution < -0.4 is 0 Å². The van der Waals surface area contributed by atoms with Gasteiger partial charge in [-0.3, -0.25) is 5.10 Å². The molecule has 0 aliphatic heterocycles. The van der Waals surface area contributed by atoms with E-state index in [0.717, 1.165) is 0 Å². The minimum Gasteiger partial charge on any atom is -0.266 e. The Bertz CT molecular complexity index is 65.3. The van der Waals surface area contributed by atoms with Crippen LogP contribution in [0, 0.1) is 0 Å². The molecule has 0 aliphatic carbocycles. The van der Waals surface area contributed by atoms with E-state index in [2.05, 4.69) is 15.2 Å². The molecule has 1 N–H and O–H groups in total. The number of hydrogen-bond acceptors (Lipinski definition) is 2. The minimum absolute atomic E-state index is 0. The zero-order valence-electron chi connectivity index (χ0n) is 3.26. The first-order valence-corrected chi connectivity index (χ1v) is 1.29. The van der Waals surface area contributed by atoms with E-state index in [9.17, 15) is 0 Å². The average Bonchev–Trinajstić information content (AvgIpc) is 1.76. The molecule has 0 atom stereocenters. The molecule has 0 amide bonds. The summed E-state index contributed by atoms with van der Waals surface area (Å²) in [7, 11) is 0. The monoisotopic (exact) mass is 93.0 g/mol. The molecule has 0 aliphatic rings. The standard InChI is InChI=1S/C2H3N3.Mg/c1-3-2-5-4-1;/h1-2H,(H,3,4,5);. The number of aromatic amines is 1. The van der Waals surface area contributed by atoms with Crippen molar-refractivity contribution in [1.29, 1.82) is 0 Å². The topological polar surface area (TPSA) is 41.6 Å². The largest absolute Gasteiger partial charge is 0.266 e. The van der Waals surface area contributed by atoms with Gasteiger partial charge in [-0.1, -0.05) is 0 Å². The van der Waals surface area contributed by atoms with Gasteiger partial charge in [0.1, 0.15) is 12.7 Å². The van der Waals surface area contributed by atoms with Crippen LogP contribution in [0.5, 0.6) is 0 Å². The number of nitrogens with zero attached hydrogens (tertiary/aromatic N) is 2. The molecule has 28 valence electrons. The lowest BCUT2D eigenvalue weighted by Crippen LogP contribution is -1.53. The third kappa shape index (κ3) is 1.37. The summed E-state index contributed by atoms with van der Waals surface area (Å²) in [6, 6.07) is 0. The molecule has 2 radical (unpaired) electrons. The minimum atomic E-state index is 0. The number of aromatic nitrogens is 3. The Morgan fingerprint density at radius 1 is 1.50 bits per heavy atom. The molecule has 1 rings (SSSR count).